The first-order chi connectivity index (χ1) is 5.55. The second-order valence-electron chi connectivity index (χ2n) is 3.06. The van der Waals surface area contributed by atoms with Gasteiger partial charge in [-0.05, 0) is 0 Å². The number of rotatable bonds is 3. The molecule has 0 aromatic carbocycles. The Balaban J connectivity index is 2.47. The van der Waals surface area contributed by atoms with E-state index in [1.165, 1.54) is 0 Å². The van der Waals surface area contributed by atoms with Crippen molar-refractivity contribution in [3.05, 3.63) is 0 Å². The zero-order valence-corrected chi connectivity index (χ0v) is 7.50. The van der Waals surface area contributed by atoms with Crippen LogP contribution in [0.4, 0.5) is 0 Å². The maximum atomic E-state index is 11.0. The zero-order chi connectivity index (χ0) is 9.19. The van der Waals surface area contributed by atoms with E-state index in [0.717, 1.165) is 0 Å². The molecule has 5 nitrogen and oxygen atoms in total. The number of hydrogen-bond donors (Lipinski definition) is 3. The molecular weight excluding hydrogens is 182 g/mol. The molecule has 2 atom stereocenters. The lowest BCUT2D eigenvalue weighted by Gasteiger charge is -2.09. The van der Waals surface area contributed by atoms with Crippen molar-refractivity contribution >= 4 is 9.84 Å². The molecular formula is C6H14NO4S+. The summed E-state index contributed by atoms with van der Waals surface area (Å²) in [6, 6.07) is -0.290. The molecule has 0 aliphatic carbocycles. The number of nitrogens with two attached hydrogens (primary N) is 1. The number of quaternary nitrogens is 1. The van der Waals surface area contributed by atoms with Crippen molar-refractivity contribution in [2.24, 2.45) is 0 Å². The molecule has 1 aliphatic rings. The van der Waals surface area contributed by atoms with E-state index < -0.39 is 15.9 Å². The number of aliphatic hydroxyl groups excluding tert-OH is 2. The van der Waals surface area contributed by atoms with Crippen molar-refractivity contribution < 1.29 is 23.9 Å². The highest BCUT2D eigenvalue weighted by atomic mass is 32.2. The molecule has 1 aliphatic heterocycles. The number of hydrogen-bond acceptors (Lipinski definition) is 4. The van der Waals surface area contributed by atoms with E-state index in [9.17, 15) is 13.5 Å². The average molecular weight is 196 g/mol. The van der Waals surface area contributed by atoms with Crippen molar-refractivity contribution in [1.82, 2.24) is 0 Å². The van der Waals surface area contributed by atoms with Gasteiger partial charge in [-0.25, -0.2) is 8.42 Å². The largest absolute Gasteiger partial charge is 0.391 e. The van der Waals surface area contributed by atoms with Gasteiger partial charge in [-0.15, -0.1) is 0 Å². The van der Waals surface area contributed by atoms with E-state index in [1.807, 2.05) is 0 Å². The highest BCUT2D eigenvalue weighted by Crippen LogP contribution is 2.08. The van der Waals surface area contributed by atoms with Gasteiger partial charge < -0.3 is 15.5 Å². The molecule has 72 valence electrons. The fourth-order valence-electron chi connectivity index (χ4n) is 1.37. The first kappa shape index (κ1) is 9.91. The van der Waals surface area contributed by atoms with Crippen molar-refractivity contribution in [3.8, 4) is 0 Å². The molecule has 0 saturated carbocycles. The first-order valence-electron chi connectivity index (χ1n) is 3.88. The summed E-state index contributed by atoms with van der Waals surface area (Å²) in [5.41, 5.74) is 0. The Morgan fingerprint density at radius 3 is 2.50 bits per heavy atom. The lowest BCUT2D eigenvalue weighted by atomic mass is 10.2. The van der Waals surface area contributed by atoms with Crippen molar-refractivity contribution in [3.63, 3.8) is 0 Å². The lowest BCUT2D eigenvalue weighted by Crippen LogP contribution is -2.93. The van der Waals surface area contributed by atoms with Crippen LogP contribution in [0.15, 0.2) is 0 Å². The maximum absolute atomic E-state index is 11.0. The summed E-state index contributed by atoms with van der Waals surface area (Å²) in [7, 11) is -3.04. The minimum atomic E-state index is -3.04. The predicted molar refractivity (Wildman–Crippen MR) is 42.3 cm³/mol. The van der Waals surface area contributed by atoms with Crippen LogP contribution in [-0.2, 0) is 9.84 Å². The van der Waals surface area contributed by atoms with Gasteiger partial charge in [-0.1, -0.05) is 0 Å². The third-order valence-corrected chi connectivity index (χ3v) is 3.71. The predicted octanol–water partition coefficient (Wildman–Crippen LogP) is -3.30. The van der Waals surface area contributed by atoms with E-state index in [2.05, 4.69) is 0 Å². The van der Waals surface area contributed by atoms with Crippen molar-refractivity contribution in [2.45, 2.75) is 12.1 Å². The van der Waals surface area contributed by atoms with E-state index in [1.54, 1.807) is 5.32 Å². The first-order valence-corrected chi connectivity index (χ1v) is 5.70. The Morgan fingerprint density at radius 2 is 2.08 bits per heavy atom. The topological polar surface area (TPSA) is 91.2 Å². The Labute approximate surface area is 71.3 Å². The summed E-state index contributed by atoms with van der Waals surface area (Å²) in [6.45, 7) is 0.445. The van der Waals surface area contributed by atoms with Gasteiger partial charge in [-0.3, -0.25) is 0 Å². The molecule has 1 saturated heterocycles. The molecule has 0 aromatic rings. The quantitative estimate of drug-likeness (QED) is 0.441. The van der Waals surface area contributed by atoms with Gasteiger partial charge >= 0.3 is 0 Å². The molecule has 1 heterocycles. The summed E-state index contributed by atoms with van der Waals surface area (Å²) >= 11 is 0. The summed E-state index contributed by atoms with van der Waals surface area (Å²) in [4.78, 5) is 0. The fraction of sp³-hybridized carbons (Fsp3) is 1.00. The summed E-state index contributed by atoms with van der Waals surface area (Å²) in [5.74, 6) is -0.117. The van der Waals surface area contributed by atoms with Gasteiger partial charge in [0.25, 0.3) is 0 Å². The Morgan fingerprint density at radius 1 is 1.42 bits per heavy atom. The molecule has 0 spiro atoms. The molecule has 1 rings (SSSR count). The van der Waals surface area contributed by atoms with E-state index in [-0.39, 0.29) is 24.2 Å². The highest BCUT2D eigenvalue weighted by Gasteiger charge is 2.38. The minimum Gasteiger partial charge on any atom is -0.391 e. The van der Waals surface area contributed by atoms with Crippen LogP contribution in [0.5, 0.6) is 0 Å². The second-order valence-corrected chi connectivity index (χ2v) is 5.21. The summed E-state index contributed by atoms with van der Waals surface area (Å²) in [5, 5.41) is 19.4. The van der Waals surface area contributed by atoms with Crippen LogP contribution in [0.2, 0.25) is 0 Å². The van der Waals surface area contributed by atoms with Gasteiger partial charge in [0.15, 0.2) is 9.84 Å². The fourth-order valence-corrected chi connectivity index (χ4v) is 3.22. The zero-order valence-electron chi connectivity index (χ0n) is 6.68. The minimum absolute atomic E-state index is 0.00324. The summed E-state index contributed by atoms with van der Waals surface area (Å²) < 4.78 is 21.9. The Hall–Kier alpha value is -0.170. The van der Waals surface area contributed by atoms with Gasteiger partial charge in [-0.2, -0.15) is 0 Å². The molecule has 1 fully saturated rings. The third-order valence-electron chi connectivity index (χ3n) is 1.96. The van der Waals surface area contributed by atoms with Crippen LogP contribution in [0, 0.1) is 0 Å². The summed E-state index contributed by atoms with van der Waals surface area (Å²) in [6.07, 6.45) is -0.776. The molecule has 0 radical (unpaired) electrons. The SMILES string of the molecule is O=S1(=O)C[C@H](O)[C@H]([NH2+]CCO)C1. The number of sulfone groups is 1. The normalized spacial score (nSPS) is 33.8. The second kappa shape index (κ2) is 3.69. The molecule has 6 heteroatoms. The average Bonchev–Trinajstić information content (AvgIpc) is 2.20. The van der Waals surface area contributed by atoms with Gasteiger partial charge in [0.1, 0.15) is 17.9 Å². The molecule has 0 amide bonds. The van der Waals surface area contributed by atoms with Crippen molar-refractivity contribution in [1.29, 1.82) is 0 Å². The maximum Gasteiger partial charge on any atom is 0.159 e. The Bertz CT molecular complexity index is 238. The molecule has 4 N–H and O–H groups in total. The monoisotopic (exact) mass is 196 g/mol. The van der Waals surface area contributed by atoms with Crippen LogP contribution in [0.1, 0.15) is 0 Å². The van der Waals surface area contributed by atoms with Gasteiger partial charge in [0, 0.05) is 0 Å². The number of aliphatic hydroxyl groups is 2. The van der Waals surface area contributed by atoms with Gasteiger partial charge in [0.2, 0.25) is 0 Å². The highest BCUT2D eigenvalue weighted by molar-refractivity contribution is 7.91. The smallest absolute Gasteiger partial charge is 0.159 e. The molecule has 0 aromatic heterocycles. The van der Waals surface area contributed by atoms with Gasteiger partial charge in [0.05, 0.1) is 18.9 Å². The van der Waals surface area contributed by atoms with E-state index in [0.29, 0.717) is 6.54 Å². The third kappa shape index (κ3) is 2.41. The van der Waals surface area contributed by atoms with Crippen LogP contribution in [0.3, 0.4) is 0 Å². The molecule has 12 heavy (non-hydrogen) atoms. The van der Waals surface area contributed by atoms with Crippen molar-refractivity contribution in [2.75, 3.05) is 24.7 Å². The Kier molecular flexibility index (Phi) is 3.05. The van der Waals surface area contributed by atoms with Crippen LogP contribution in [-0.4, -0.2) is 55.4 Å². The molecule has 0 unspecified atom stereocenters. The van der Waals surface area contributed by atoms with E-state index >= 15 is 0 Å². The molecule has 0 bridgehead atoms. The van der Waals surface area contributed by atoms with Crippen LogP contribution in [0.25, 0.3) is 0 Å². The standard InChI is InChI=1S/C6H13NO4S/c8-2-1-7-5-3-12(10,11)4-6(5)9/h5-9H,1-4H2/p+1/t5-,6+/m1/s1. The lowest BCUT2D eigenvalue weighted by molar-refractivity contribution is -0.691. The van der Waals surface area contributed by atoms with Crippen LogP contribution >= 0.6 is 0 Å². The van der Waals surface area contributed by atoms with E-state index in [4.69, 9.17) is 5.11 Å². The van der Waals surface area contributed by atoms with Crippen LogP contribution < -0.4 is 5.32 Å².